The average molecular weight is 436 g/mol. The maximum Gasteiger partial charge on any atom is 0.0809 e. The molecule has 0 amide bonds. The van der Waals surface area contributed by atoms with Crippen LogP contribution in [0.3, 0.4) is 0 Å². The Morgan fingerprint density at radius 3 is 1.56 bits per heavy atom. The molecule has 0 aromatic rings. The van der Waals surface area contributed by atoms with Gasteiger partial charge in [0.05, 0.1) is 21.6 Å². The smallest absolute Gasteiger partial charge is 0.0809 e. The minimum absolute atomic E-state index is 1.16. The van der Waals surface area contributed by atoms with E-state index >= 15 is 0 Å². The highest BCUT2D eigenvalue weighted by molar-refractivity contribution is 7.87. The lowest BCUT2D eigenvalue weighted by atomic mass is 10.2. The van der Waals surface area contributed by atoms with Crippen molar-refractivity contribution in [2.75, 3.05) is 37.5 Å². The fraction of sp³-hybridized carbons (Fsp3) is 1.00. The molecule has 0 aliphatic carbocycles. The Balaban J connectivity index is 3.37. The Kier molecular flexibility index (Phi) is 12.5. The molecule has 0 radical (unpaired) electrons. The Hall–Kier alpha value is 0.690. The molecule has 1 aliphatic heterocycles. The van der Waals surface area contributed by atoms with Crippen LogP contribution in [0.25, 0.3) is 0 Å². The van der Waals surface area contributed by atoms with Gasteiger partial charge in [0.25, 0.3) is 0 Å². The van der Waals surface area contributed by atoms with Gasteiger partial charge < -0.3 is 0 Å². The third kappa shape index (κ3) is 8.52. The monoisotopic (exact) mass is 435 g/mol. The van der Waals surface area contributed by atoms with E-state index in [2.05, 4.69) is 41.3 Å². The predicted octanol–water partition coefficient (Wildman–Crippen LogP) is 9.98. The lowest BCUT2D eigenvalue weighted by Crippen LogP contribution is -2.03. The van der Waals surface area contributed by atoms with Gasteiger partial charge >= 0.3 is 0 Å². The summed E-state index contributed by atoms with van der Waals surface area (Å²) in [6, 6.07) is 0. The van der Waals surface area contributed by atoms with Gasteiger partial charge in [-0.3, -0.25) is 0 Å². The normalized spacial score (nSPS) is 30.4. The molecule has 0 saturated heterocycles. The van der Waals surface area contributed by atoms with Crippen LogP contribution in [0.4, 0.5) is 0 Å². The summed E-state index contributed by atoms with van der Waals surface area (Å²) in [5.74, 6) is 0. The van der Waals surface area contributed by atoms with Crippen LogP contribution in [0.5, 0.6) is 0 Å². The molecular formula is C21H48N3P3. The summed E-state index contributed by atoms with van der Waals surface area (Å²) in [6.45, 7) is 14.0. The second-order valence-electron chi connectivity index (χ2n) is 8.45. The zero-order valence-corrected chi connectivity index (χ0v) is 22.0. The van der Waals surface area contributed by atoms with Crippen LogP contribution in [-0.2, 0) is 0 Å². The zero-order chi connectivity index (χ0) is 20.2. The maximum absolute atomic E-state index is 5.80. The molecule has 27 heavy (non-hydrogen) atoms. The predicted molar refractivity (Wildman–Crippen MR) is 133 cm³/mol. The maximum atomic E-state index is 5.80. The molecule has 0 N–H and O–H groups in total. The largest absolute Gasteiger partial charge is 0.241 e. The van der Waals surface area contributed by atoms with E-state index in [1.165, 1.54) is 88.9 Å². The third-order valence-corrected chi connectivity index (χ3v) is 19.5. The summed E-state index contributed by atoms with van der Waals surface area (Å²) >= 11 is 0. The molecule has 1 heterocycles. The van der Waals surface area contributed by atoms with Crippen molar-refractivity contribution in [3.8, 4) is 0 Å². The first kappa shape index (κ1) is 25.7. The van der Waals surface area contributed by atoms with Crippen molar-refractivity contribution in [2.24, 2.45) is 13.5 Å². The minimum atomic E-state index is -1.53. The van der Waals surface area contributed by atoms with Crippen molar-refractivity contribution in [3.05, 3.63) is 0 Å². The second-order valence-corrected chi connectivity index (χ2v) is 18.7. The van der Waals surface area contributed by atoms with E-state index in [4.69, 9.17) is 13.5 Å². The first-order valence-electron chi connectivity index (χ1n) is 11.8. The standard InChI is InChI=1S/C21H48N3P3/c1-7-12-15-17-21-27(20-16-13-8-2)23-25(6,11-5)22-26(24-27,18-10-4)19-14-9-3/h7-21H2,1-6H3. The van der Waals surface area contributed by atoms with E-state index in [1.807, 2.05) is 0 Å². The van der Waals surface area contributed by atoms with Gasteiger partial charge in [-0.1, -0.05) is 73.1 Å². The average Bonchev–Trinajstić information content (AvgIpc) is 2.64. The minimum Gasteiger partial charge on any atom is -0.241 e. The lowest BCUT2D eigenvalue weighted by molar-refractivity contribution is 0.702. The molecule has 0 aromatic heterocycles. The molecule has 3 atom stereocenters. The molecule has 3 nitrogen and oxygen atoms in total. The number of unbranched alkanes of at least 4 members (excludes halogenated alkanes) is 6. The van der Waals surface area contributed by atoms with Gasteiger partial charge in [0.1, 0.15) is 0 Å². The first-order valence-corrected chi connectivity index (χ1v) is 18.2. The summed E-state index contributed by atoms with van der Waals surface area (Å²) in [5, 5.41) is 0. The van der Waals surface area contributed by atoms with Crippen LogP contribution in [0.1, 0.15) is 98.8 Å². The molecule has 0 saturated carbocycles. The van der Waals surface area contributed by atoms with Crippen LogP contribution in [0.15, 0.2) is 13.5 Å². The van der Waals surface area contributed by atoms with E-state index in [0.29, 0.717) is 0 Å². The topological polar surface area (TPSA) is 37.1 Å². The van der Waals surface area contributed by atoms with Gasteiger partial charge in [0, 0.05) is 24.6 Å². The van der Waals surface area contributed by atoms with Crippen molar-refractivity contribution in [1.82, 2.24) is 0 Å². The molecule has 1 rings (SSSR count). The van der Waals surface area contributed by atoms with Gasteiger partial charge in [-0.2, -0.15) is 0 Å². The molecule has 6 heteroatoms. The molecule has 1 aliphatic rings. The summed E-state index contributed by atoms with van der Waals surface area (Å²) in [4.78, 5) is 0. The summed E-state index contributed by atoms with van der Waals surface area (Å²) in [5.41, 5.74) is 0. The van der Waals surface area contributed by atoms with Crippen molar-refractivity contribution in [2.45, 2.75) is 98.8 Å². The van der Waals surface area contributed by atoms with Crippen LogP contribution in [0.2, 0.25) is 0 Å². The Bertz CT molecular complexity index is 581. The van der Waals surface area contributed by atoms with Gasteiger partial charge in [-0.05, 0) is 38.5 Å². The molecule has 0 spiro atoms. The van der Waals surface area contributed by atoms with E-state index in [-0.39, 0.29) is 0 Å². The SMILES string of the molecule is CCCCCCP1(CCCCC)=NP(C)(CC)=NP(CCC)(CCCC)=N1. The van der Waals surface area contributed by atoms with E-state index in [1.54, 1.807) is 0 Å². The fourth-order valence-electron chi connectivity index (χ4n) is 3.97. The Labute approximate surface area is 171 Å². The number of rotatable bonds is 15. The first-order chi connectivity index (χ1) is 12.9. The van der Waals surface area contributed by atoms with Crippen molar-refractivity contribution >= 4 is 21.6 Å². The van der Waals surface area contributed by atoms with Gasteiger partial charge in [0.15, 0.2) is 0 Å². The second kappa shape index (κ2) is 13.1. The van der Waals surface area contributed by atoms with E-state index in [9.17, 15) is 0 Å². The van der Waals surface area contributed by atoms with Gasteiger partial charge in [-0.15, -0.1) is 0 Å². The van der Waals surface area contributed by atoms with Crippen molar-refractivity contribution in [1.29, 1.82) is 0 Å². The molecule has 0 aromatic carbocycles. The highest BCUT2D eigenvalue weighted by atomic mass is 31.2. The van der Waals surface area contributed by atoms with Crippen LogP contribution in [0, 0.1) is 0 Å². The highest BCUT2D eigenvalue weighted by Crippen LogP contribution is 2.77. The van der Waals surface area contributed by atoms with Crippen molar-refractivity contribution in [3.63, 3.8) is 0 Å². The number of hydrogen-bond acceptors (Lipinski definition) is 3. The Morgan fingerprint density at radius 1 is 0.481 bits per heavy atom. The molecule has 3 unspecified atom stereocenters. The molecule has 0 bridgehead atoms. The molecular weight excluding hydrogens is 387 g/mol. The van der Waals surface area contributed by atoms with E-state index in [0.717, 1.165) is 6.16 Å². The number of nitrogens with zero attached hydrogens (tertiary/aromatic N) is 3. The van der Waals surface area contributed by atoms with Gasteiger partial charge in [0.2, 0.25) is 0 Å². The lowest BCUT2D eigenvalue weighted by Gasteiger charge is -2.36. The van der Waals surface area contributed by atoms with Crippen LogP contribution < -0.4 is 0 Å². The number of hydrogen-bond donors (Lipinski definition) is 0. The zero-order valence-electron chi connectivity index (χ0n) is 19.3. The quantitative estimate of drug-likeness (QED) is 0.181. The van der Waals surface area contributed by atoms with E-state index < -0.39 is 21.6 Å². The molecule has 162 valence electrons. The summed E-state index contributed by atoms with van der Waals surface area (Å²) in [6.07, 6.45) is 19.4. The van der Waals surface area contributed by atoms with Gasteiger partial charge in [-0.25, -0.2) is 13.5 Å². The highest BCUT2D eigenvalue weighted by Gasteiger charge is 2.32. The van der Waals surface area contributed by atoms with Crippen LogP contribution in [-0.4, -0.2) is 37.5 Å². The fourth-order valence-corrected chi connectivity index (χ4v) is 20.9. The van der Waals surface area contributed by atoms with Crippen molar-refractivity contribution < 1.29 is 0 Å². The third-order valence-electron chi connectivity index (χ3n) is 5.59. The summed E-state index contributed by atoms with van der Waals surface area (Å²) < 4.78 is 17.0. The summed E-state index contributed by atoms with van der Waals surface area (Å²) in [7, 11) is -4.56. The van der Waals surface area contributed by atoms with Crippen LogP contribution >= 0.6 is 21.6 Å². The Morgan fingerprint density at radius 2 is 1.00 bits per heavy atom. The molecule has 0 fully saturated rings.